The van der Waals surface area contributed by atoms with Crippen LogP contribution in [0.1, 0.15) is 84.8 Å². The maximum atomic E-state index is 13.6. The molecule has 0 bridgehead atoms. The Morgan fingerprint density at radius 3 is 2.32 bits per heavy atom. The minimum atomic E-state index is -0.00220. The Bertz CT molecular complexity index is 947. The molecule has 1 amide bonds. The topological polar surface area (TPSA) is 49.4 Å². The fourth-order valence-corrected chi connectivity index (χ4v) is 5.95. The number of nitrogens with one attached hydrogen (secondary N) is 1. The molecule has 0 saturated carbocycles. The molecule has 1 aromatic carbocycles. The number of fused-ring (bicyclic) bond motifs is 1. The van der Waals surface area contributed by atoms with Crippen molar-refractivity contribution in [2.24, 2.45) is 0 Å². The SMILES string of the molecule is CC(C)(C)c1ccc(C(=O)c2c(NC(=O)CN3CCCCC3)sc3c2CCCC3)cc1. The Labute approximate surface area is 190 Å². The zero-order valence-electron chi connectivity index (χ0n) is 19.1. The zero-order valence-corrected chi connectivity index (χ0v) is 19.9. The van der Waals surface area contributed by atoms with Crippen LogP contribution in [-0.4, -0.2) is 36.2 Å². The van der Waals surface area contributed by atoms with Crippen molar-refractivity contribution in [1.82, 2.24) is 4.90 Å². The van der Waals surface area contributed by atoms with Crippen molar-refractivity contribution in [1.29, 1.82) is 0 Å². The third-order valence-corrected chi connectivity index (χ3v) is 7.69. The molecule has 2 aromatic rings. The van der Waals surface area contributed by atoms with Gasteiger partial charge in [-0.1, -0.05) is 51.5 Å². The van der Waals surface area contributed by atoms with E-state index in [1.165, 1.54) is 16.9 Å². The molecule has 1 saturated heterocycles. The van der Waals surface area contributed by atoms with Gasteiger partial charge in [0.1, 0.15) is 5.00 Å². The highest BCUT2D eigenvalue weighted by Crippen LogP contribution is 2.39. The van der Waals surface area contributed by atoms with Gasteiger partial charge in [-0.2, -0.15) is 0 Å². The van der Waals surface area contributed by atoms with E-state index in [1.54, 1.807) is 11.3 Å². The summed E-state index contributed by atoms with van der Waals surface area (Å²) in [6, 6.07) is 7.99. The van der Waals surface area contributed by atoms with Gasteiger partial charge in [-0.3, -0.25) is 14.5 Å². The van der Waals surface area contributed by atoms with E-state index in [-0.39, 0.29) is 17.1 Å². The number of rotatable bonds is 5. The summed E-state index contributed by atoms with van der Waals surface area (Å²) >= 11 is 1.61. The van der Waals surface area contributed by atoms with E-state index in [9.17, 15) is 9.59 Å². The number of carbonyl (C=O) groups excluding carboxylic acids is 2. The molecule has 1 aliphatic heterocycles. The van der Waals surface area contributed by atoms with Crippen molar-refractivity contribution >= 4 is 28.0 Å². The average Bonchev–Trinajstić information content (AvgIpc) is 3.11. The first-order chi connectivity index (χ1) is 14.8. The van der Waals surface area contributed by atoms with Crippen LogP contribution in [0.4, 0.5) is 5.00 Å². The van der Waals surface area contributed by atoms with Crippen molar-refractivity contribution in [2.75, 3.05) is 25.0 Å². The van der Waals surface area contributed by atoms with Gasteiger partial charge < -0.3 is 5.32 Å². The fourth-order valence-electron chi connectivity index (χ4n) is 4.65. The average molecular weight is 439 g/mol. The van der Waals surface area contributed by atoms with E-state index in [1.807, 2.05) is 12.1 Å². The predicted molar refractivity (Wildman–Crippen MR) is 128 cm³/mol. The largest absolute Gasteiger partial charge is 0.316 e. The second kappa shape index (κ2) is 9.25. The molecule has 1 N–H and O–H groups in total. The molecule has 1 aromatic heterocycles. The minimum Gasteiger partial charge on any atom is -0.316 e. The smallest absolute Gasteiger partial charge is 0.239 e. The molecule has 1 fully saturated rings. The lowest BCUT2D eigenvalue weighted by Crippen LogP contribution is -2.36. The Balaban J connectivity index is 1.59. The van der Waals surface area contributed by atoms with Crippen LogP contribution >= 0.6 is 11.3 Å². The number of hydrogen-bond donors (Lipinski definition) is 1. The van der Waals surface area contributed by atoms with E-state index in [0.29, 0.717) is 12.1 Å². The Kier molecular flexibility index (Phi) is 6.63. The minimum absolute atomic E-state index is 0.00220. The molecule has 166 valence electrons. The van der Waals surface area contributed by atoms with Crippen molar-refractivity contribution in [3.63, 3.8) is 0 Å². The highest BCUT2D eigenvalue weighted by molar-refractivity contribution is 7.17. The van der Waals surface area contributed by atoms with Crippen LogP contribution in [0.25, 0.3) is 0 Å². The van der Waals surface area contributed by atoms with Gasteiger partial charge in [-0.15, -0.1) is 11.3 Å². The van der Waals surface area contributed by atoms with Crippen LogP contribution < -0.4 is 5.32 Å². The van der Waals surface area contributed by atoms with Crippen LogP contribution in [0.2, 0.25) is 0 Å². The molecule has 4 nitrogen and oxygen atoms in total. The number of hydrogen-bond acceptors (Lipinski definition) is 4. The summed E-state index contributed by atoms with van der Waals surface area (Å²) in [5, 5.41) is 3.87. The molecule has 0 atom stereocenters. The molecular formula is C26H34N2O2S. The molecule has 2 aliphatic rings. The number of carbonyl (C=O) groups is 2. The highest BCUT2D eigenvalue weighted by Gasteiger charge is 2.28. The lowest BCUT2D eigenvalue weighted by molar-refractivity contribution is -0.117. The summed E-state index contributed by atoms with van der Waals surface area (Å²) in [7, 11) is 0. The van der Waals surface area contributed by atoms with Crippen molar-refractivity contribution in [2.45, 2.75) is 71.1 Å². The van der Waals surface area contributed by atoms with Crippen molar-refractivity contribution in [3.8, 4) is 0 Å². The van der Waals surface area contributed by atoms with Crippen LogP contribution in [0, 0.1) is 0 Å². The lowest BCUT2D eigenvalue weighted by Gasteiger charge is -2.25. The molecule has 2 heterocycles. The maximum Gasteiger partial charge on any atom is 0.239 e. The van der Waals surface area contributed by atoms with E-state index in [4.69, 9.17) is 0 Å². The number of ketones is 1. The molecule has 4 rings (SSSR count). The van der Waals surface area contributed by atoms with Crippen LogP contribution in [0.3, 0.4) is 0 Å². The zero-order chi connectivity index (χ0) is 22.0. The number of amides is 1. The number of anilines is 1. The normalized spacial score (nSPS) is 17.3. The molecular weight excluding hydrogens is 404 g/mol. The van der Waals surface area contributed by atoms with Gasteiger partial charge in [0.15, 0.2) is 5.78 Å². The number of benzene rings is 1. The van der Waals surface area contributed by atoms with Gasteiger partial charge >= 0.3 is 0 Å². The van der Waals surface area contributed by atoms with E-state index in [0.717, 1.165) is 67.7 Å². The number of piperidine rings is 1. The van der Waals surface area contributed by atoms with E-state index >= 15 is 0 Å². The third-order valence-electron chi connectivity index (χ3n) is 6.48. The standard InChI is InChI=1S/C26H34N2O2S/c1-26(2,3)19-13-11-18(12-14-19)24(30)23-20-9-5-6-10-21(20)31-25(23)27-22(29)17-28-15-7-4-8-16-28/h11-14H,4-10,15-17H2,1-3H3,(H,27,29). The van der Waals surface area contributed by atoms with Crippen molar-refractivity contribution < 1.29 is 9.59 Å². The summed E-state index contributed by atoms with van der Waals surface area (Å²) in [5.74, 6) is 0.0331. The molecule has 1 aliphatic carbocycles. The van der Waals surface area contributed by atoms with Crippen LogP contribution in [-0.2, 0) is 23.1 Å². The Morgan fingerprint density at radius 2 is 1.65 bits per heavy atom. The first-order valence-electron chi connectivity index (χ1n) is 11.6. The fraction of sp³-hybridized carbons (Fsp3) is 0.538. The summed E-state index contributed by atoms with van der Waals surface area (Å²) < 4.78 is 0. The van der Waals surface area contributed by atoms with Gasteiger partial charge in [-0.25, -0.2) is 0 Å². The summed E-state index contributed by atoms with van der Waals surface area (Å²) in [6.07, 6.45) is 7.77. The second-order valence-electron chi connectivity index (χ2n) is 9.96. The third kappa shape index (κ3) is 5.09. The molecule has 5 heteroatoms. The van der Waals surface area contributed by atoms with Gasteiger partial charge in [0.2, 0.25) is 5.91 Å². The molecule has 0 radical (unpaired) electrons. The van der Waals surface area contributed by atoms with Crippen LogP contribution in [0.5, 0.6) is 0 Å². The summed E-state index contributed by atoms with van der Waals surface area (Å²) in [6.45, 7) is 8.91. The number of thiophene rings is 1. The van der Waals surface area contributed by atoms with Gasteiger partial charge in [0, 0.05) is 10.4 Å². The quantitative estimate of drug-likeness (QED) is 0.620. The Hall–Kier alpha value is -1.98. The highest BCUT2D eigenvalue weighted by atomic mass is 32.1. The van der Waals surface area contributed by atoms with Gasteiger partial charge in [-0.05, 0) is 68.2 Å². The maximum absolute atomic E-state index is 13.6. The molecule has 31 heavy (non-hydrogen) atoms. The Morgan fingerprint density at radius 1 is 0.968 bits per heavy atom. The summed E-state index contributed by atoms with van der Waals surface area (Å²) in [5.41, 5.74) is 3.86. The number of aryl methyl sites for hydroxylation is 1. The van der Waals surface area contributed by atoms with E-state index in [2.05, 4.69) is 43.1 Å². The van der Waals surface area contributed by atoms with Gasteiger partial charge in [0.05, 0.1) is 12.1 Å². The van der Waals surface area contributed by atoms with Crippen molar-refractivity contribution in [3.05, 3.63) is 51.4 Å². The summed E-state index contributed by atoms with van der Waals surface area (Å²) in [4.78, 5) is 29.9. The second-order valence-corrected chi connectivity index (χ2v) is 11.1. The monoisotopic (exact) mass is 438 g/mol. The van der Waals surface area contributed by atoms with Gasteiger partial charge in [0.25, 0.3) is 0 Å². The first kappa shape index (κ1) is 22.2. The first-order valence-corrected chi connectivity index (χ1v) is 12.5. The lowest BCUT2D eigenvalue weighted by atomic mass is 9.86. The molecule has 0 unspecified atom stereocenters. The predicted octanol–water partition coefficient (Wildman–Crippen LogP) is 5.58. The number of nitrogens with zero attached hydrogens (tertiary/aromatic N) is 1. The van der Waals surface area contributed by atoms with Crippen LogP contribution in [0.15, 0.2) is 24.3 Å². The van der Waals surface area contributed by atoms with E-state index < -0.39 is 0 Å². The number of likely N-dealkylation sites (tertiary alicyclic amines) is 1. The molecule has 0 spiro atoms.